The molecule has 3 aromatic rings. The first-order chi connectivity index (χ1) is 13.3. The van der Waals surface area contributed by atoms with Crippen molar-refractivity contribution in [1.82, 2.24) is 20.3 Å². The second kappa shape index (κ2) is 7.98. The molecule has 0 aromatic carbocycles. The van der Waals surface area contributed by atoms with E-state index >= 15 is 0 Å². The quantitative estimate of drug-likeness (QED) is 0.609. The molecule has 0 fully saturated rings. The van der Waals surface area contributed by atoms with Crippen LogP contribution in [-0.2, 0) is 22.4 Å². The lowest BCUT2D eigenvalue weighted by Crippen LogP contribution is -2.32. The van der Waals surface area contributed by atoms with Crippen LogP contribution in [0.5, 0.6) is 0 Å². The van der Waals surface area contributed by atoms with Gasteiger partial charge in [-0.15, -0.1) is 11.3 Å². The van der Waals surface area contributed by atoms with Crippen LogP contribution in [0.2, 0.25) is 0 Å². The summed E-state index contributed by atoms with van der Waals surface area (Å²) in [6.07, 6.45) is 6.78. The van der Waals surface area contributed by atoms with Gasteiger partial charge >= 0.3 is 0 Å². The van der Waals surface area contributed by atoms with Crippen molar-refractivity contribution in [2.24, 2.45) is 0 Å². The predicted molar refractivity (Wildman–Crippen MR) is 106 cm³/mol. The molecular formula is C19H21N5O2S. The van der Waals surface area contributed by atoms with E-state index in [1.54, 1.807) is 30.8 Å². The Hall–Kier alpha value is -2.58. The third kappa shape index (κ3) is 3.77. The van der Waals surface area contributed by atoms with Crippen LogP contribution in [-0.4, -0.2) is 47.7 Å². The fourth-order valence-electron chi connectivity index (χ4n) is 3.27. The predicted octanol–water partition coefficient (Wildman–Crippen LogP) is 2.42. The highest BCUT2D eigenvalue weighted by atomic mass is 32.1. The van der Waals surface area contributed by atoms with Crippen molar-refractivity contribution >= 4 is 33.3 Å². The maximum Gasteiger partial charge on any atom is 0.239 e. The average Bonchev–Trinajstić information content (AvgIpc) is 3.27. The summed E-state index contributed by atoms with van der Waals surface area (Å²) in [6.45, 7) is 1.14. The van der Waals surface area contributed by atoms with Crippen molar-refractivity contribution in [2.75, 3.05) is 32.1 Å². The zero-order chi connectivity index (χ0) is 18.6. The van der Waals surface area contributed by atoms with Gasteiger partial charge in [0.1, 0.15) is 10.6 Å². The highest BCUT2D eigenvalue weighted by Crippen LogP contribution is 2.40. The number of ether oxygens (including phenoxy) is 1. The molecule has 0 radical (unpaired) electrons. The summed E-state index contributed by atoms with van der Waals surface area (Å²) in [6, 6.07) is 3.81. The Morgan fingerprint density at radius 3 is 3.07 bits per heavy atom. The van der Waals surface area contributed by atoms with Gasteiger partial charge in [0.2, 0.25) is 5.91 Å². The van der Waals surface area contributed by atoms with E-state index in [1.807, 2.05) is 12.1 Å². The molecule has 3 aromatic heterocycles. The zero-order valence-corrected chi connectivity index (χ0v) is 15.9. The molecule has 1 aliphatic carbocycles. The normalized spacial score (nSPS) is 12.9. The summed E-state index contributed by atoms with van der Waals surface area (Å²) in [5.74, 6) is 1.26. The van der Waals surface area contributed by atoms with Gasteiger partial charge in [-0.25, -0.2) is 9.97 Å². The molecule has 0 atom stereocenters. The molecule has 2 N–H and O–H groups in total. The second-order valence-corrected chi connectivity index (χ2v) is 7.45. The van der Waals surface area contributed by atoms with Crippen LogP contribution in [0.1, 0.15) is 16.9 Å². The van der Waals surface area contributed by atoms with Crippen molar-refractivity contribution in [3.05, 3.63) is 35.0 Å². The van der Waals surface area contributed by atoms with Crippen LogP contribution < -0.4 is 10.6 Å². The number of thiophene rings is 1. The summed E-state index contributed by atoms with van der Waals surface area (Å²) in [5.41, 5.74) is 2.19. The van der Waals surface area contributed by atoms with Crippen LogP contribution in [0.4, 0.5) is 5.82 Å². The Balaban J connectivity index is 1.65. The Bertz CT molecular complexity index is 958. The number of nitrogens with one attached hydrogen (secondary N) is 2. The number of carbonyl (C=O) groups is 1. The molecule has 0 spiro atoms. The molecular weight excluding hydrogens is 362 g/mol. The maximum absolute atomic E-state index is 12.1. The first-order valence-corrected chi connectivity index (χ1v) is 9.80. The van der Waals surface area contributed by atoms with Gasteiger partial charge in [0.25, 0.3) is 0 Å². The highest BCUT2D eigenvalue weighted by molar-refractivity contribution is 7.19. The molecule has 140 valence electrons. The van der Waals surface area contributed by atoms with E-state index in [-0.39, 0.29) is 12.5 Å². The van der Waals surface area contributed by atoms with E-state index < -0.39 is 0 Å². The molecule has 27 heavy (non-hydrogen) atoms. The summed E-state index contributed by atoms with van der Waals surface area (Å²) in [4.78, 5) is 28.1. The van der Waals surface area contributed by atoms with Gasteiger partial charge < -0.3 is 15.4 Å². The van der Waals surface area contributed by atoms with E-state index in [9.17, 15) is 4.79 Å². The summed E-state index contributed by atoms with van der Waals surface area (Å²) < 4.78 is 4.96. The number of aryl methyl sites for hydroxylation is 2. The van der Waals surface area contributed by atoms with E-state index in [2.05, 4.69) is 15.6 Å². The van der Waals surface area contributed by atoms with Crippen LogP contribution >= 0.6 is 11.3 Å². The highest BCUT2D eigenvalue weighted by Gasteiger charge is 2.23. The number of methoxy groups -OCH3 is 1. The minimum absolute atomic E-state index is 0.0892. The fourth-order valence-corrected chi connectivity index (χ4v) is 4.53. The van der Waals surface area contributed by atoms with Gasteiger partial charge in [0, 0.05) is 36.5 Å². The van der Waals surface area contributed by atoms with Gasteiger partial charge in [-0.2, -0.15) is 0 Å². The van der Waals surface area contributed by atoms with Gasteiger partial charge in [-0.05, 0) is 37.0 Å². The van der Waals surface area contributed by atoms with Gasteiger partial charge in [0.15, 0.2) is 5.82 Å². The largest absolute Gasteiger partial charge is 0.383 e. The minimum Gasteiger partial charge on any atom is -0.383 e. The summed E-state index contributed by atoms with van der Waals surface area (Å²) >= 11 is 1.73. The number of hydrogen-bond acceptors (Lipinski definition) is 7. The second-order valence-electron chi connectivity index (χ2n) is 6.37. The molecule has 0 saturated heterocycles. The lowest BCUT2D eigenvalue weighted by molar-refractivity contribution is -0.119. The number of nitrogens with zero attached hydrogens (tertiary/aromatic N) is 3. The van der Waals surface area contributed by atoms with Crippen molar-refractivity contribution in [3.8, 4) is 11.4 Å². The monoisotopic (exact) mass is 383 g/mol. The Morgan fingerprint density at radius 2 is 2.26 bits per heavy atom. The SMILES string of the molecule is COCCNC(=O)CNc1nc(-c2cccnc2)nc2sc3c(c12)CCC3. The molecule has 7 nitrogen and oxygen atoms in total. The van der Waals surface area contributed by atoms with Crippen LogP contribution in [0.15, 0.2) is 24.5 Å². The number of carbonyl (C=O) groups excluding carboxylic acids is 1. The third-order valence-corrected chi connectivity index (χ3v) is 5.71. The number of hydrogen-bond donors (Lipinski definition) is 2. The van der Waals surface area contributed by atoms with Crippen molar-refractivity contribution < 1.29 is 9.53 Å². The van der Waals surface area contributed by atoms with Crippen molar-refractivity contribution in [3.63, 3.8) is 0 Å². The summed E-state index contributed by atoms with van der Waals surface area (Å²) in [7, 11) is 1.61. The number of pyridine rings is 1. The topological polar surface area (TPSA) is 89.0 Å². The van der Waals surface area contributed by atoms with E-state index in [0.29, 0.717) is 19.0 Å². The maximum atomic E-state index is 12.1. The molecule has 1 aliphatic rings. The number of anilines is 1. The standard InChI is InChI=1S/C19H21N5O2S/c1-26-9-8-21-15(25)11-22-18-16-13-5-2-6-14(13)27-19(16)24-17(23-18)12-4-3-7-20-10-12/h3-4,7,10H,2,5-6,8-9,11H2,1H3,(H,21,25)(H,22,23,24). The third-order valence-electron chi connectivity index (χ3n) is 4.53. The summed E-state index contributed by atoms with van der Waals surface area (Å²) in [5, 5.41) is 7.10. The number of amides is 1. The van der Waals surface area contributed by atoms with Crippen molar-refractivity contribution in [1.29, 1.82) is 0 Å². The zero-order valence-electron chi connectivity index (χ0n) is 15.1. The number of fused-ring (bicyclic) bond motifs is 3. The molecule has 8 heteroatoms. The van der Waals surface area contributed by atoms with E-state index in [0.717, 1.165) is 34.4 Å². The Kier molecular flexibility index (Phi) is 5.26. The van der Waals surface area contributed by atoms with Crippen LogP contribution in [0.25, 0.3) is 21.6 Å². The molecule has 0 unspecified atom stereocenters. The first kappa shape index (κ1) is 17.8. The fraction of sp³-hybridized carbons (Fsp3) is 0.368. The van der Waals surface area contributed by atoms with Crippen LogP contribution in [0.3, 0.4) is 0 Å². The average molecular weight is 383 g/mol. The molecule has 0 aliphatic heterocycles. The van der Waals surface area contributed by atoms with Gasteiger partial charge in [0.05, 0.1) is 18.5 Å². The van der Waals surface area contributed by atoms with E-state index in [1.165, 1.54) is 16.9 Å². The Morgan fingerprint density at radius 1 is 1.33 bits per heavy atom. The smallest absolute Gasteiger partial charge is 0.239 e. The molecule has 0 bridgehead atoms. The molecule has 1 amide bonds. The van der Waals surface area contributed by atoms with Gasteiger partial charge in [-0.1, -0.05) is 0 Å². The lowest BCUT2D eigenvalue weighted by atomic mass is 10.2. The number of rotatable bonds is 7. The van der Waals surface area contributed by atoms with Crippen molar-refractivity contribution in [2.45, 2.75) is 19.3 Å². The number of aromatic nitrogens is 3. The van der Waals surface area contributed by atoms with E-state index in [4.69, 9.17) is 14.7 Å². The molecule has 0 saturated carbocycles. The lowest BCUT2D eigenvalue weighted by Gasteiger charge is -2.10. The van der Waals surface area contributed by atoms with Crippen LogP contribution in [0, 0.1) is 0 Å². The molecule has 3 heterocycles. The first-order valence-electron chi connectivity index (χ1n) is 8.98. The Labute approximate surface area is 161 Å². The van der Waals surface area contributed by atoms with Gasteiger partial charge in [-0.3, -0.25) is 9.78 Å². The molecule has 4 rings (SSSR count). The minimum atomic E-state index is -0.0892.